The van der Waals surface area contributed by atoms with Crippen molar-refractivity contribution in [3.63, 3.8) is 0 Å². The van der Waals surface area contributed by atoms with Crippen molar-refractivity contribution in [1.29, 1.82) is 0 Å². The molecule has 0 bridgehead atoms. The molecule has 2 aliphatic heterocycles. The first-order valence-corrected chi connectivity index (χ1v) is 8.38. The molecule has 3 atom stereocenters. The molecule has 1 fully saturated rings. The first-order chi connectivity index (χ1) is 10.8. The van der Waals surface area contributed by atoms with Gasteiger partial charge >= 0.3 is 0 Å². The lowest BCUT2D eigenvalue weighted by atomic mass is 9.78. The van der Waals surface area contributed by atoms with E-state index in [0.29, 0.717) is 12.0 Å². The van der Waals surface area contributed by atoms with Crippen molar-refractivity contribution in [2.75, 3.05) is 19.7 Å². The SMILES string of the molecule is C=C[C@@H](CO)[C@H]1CCN2CCc3c([nH]c4ccccc34)[C@H]2C1. The monoisotopic (exact) mass is 296 g/mol. The summed E-state index contributed by atoms with van der Waals surface area (Å²) in [5.41, 5.74) is 4.19. The van der Waals surface area contributed by atoms with Gasteiger partial charge in [-0.3, -0.25) is 4.90 Å². The molecule has 1 aromatic heterocycles. The largest absolute Gasteiger partial charge is 0.396 e. The number of nitrogens with one attached hydrogen (secondary N) is 1. The summed E-state index contributed by atoms with van der Waals surface area (Å²) >= 11 is 0. The fourth-order valence-electron chi connectivity index (χ4n) is 4.44. The van der Waals surface area contributed by atoms with E-state index in [4.69, 9.17) is 0 Å². The van der Waals surface area contributed by atoms with E-state index in [1.165, 1.54) is 28.6 Å². The fraction of sp³-hybridized carbons (Fsp3) is 0.474. The molecule has 0 amide bonds. The minimum Gasteiger partial charge on any atom is -0.396 e. The van der Waals surface area contributed by atoms with Crippen molar-refractivity contribution in [3.8, 4) is 0 Å². The number of aliphatic hydroxyl groups is 1. The number of aliphatic hydroxyl groups excluding tert-OH is 1. The molecular weight excluding hydrogens is 272 g/mol. The first kappa shape index (κ1) is 14.0. The summed E-state index contributed by atoms with van der Waals surface area (Å²) < 4.78 is 0. The molecule has 3 heteroatoms. The van der Waals surface area contributed by atoms with Crippen LogP contribution in [0.25, 0.3) is 10.9 Å². The summed E-state index contributed by atoms with van der Waals surface area (Å²) in [6.07, 6.45) is 5.38. The summed E-state index contributed by atoms with van der Waals surface area (Å²) in [5.74, 6) is 0.776. The van der Waals surface area contributed by atoms with Crippen LogP contribution in [0.1, 0.15) is 30.1 Å². The number of aromatic nitrogens is 1. The Hall–Kier alpha value is -1.58. The third-order valence-corrected chi connectivity index (χ3v) is 5.70. The highest BCUT2D eigenvalue weighted by molar-refractivity contribution is 5.85. The highest BCUT2D eigenvalue weighted by Gasteiger charge is 2.37. The Morgan fingerprint density at radius 1 is 1.36 bits per heavy atom. The predicted octanol–water partition coefficient (Wildman–Crippen LogP) is 3.27. The number of aromatic amines is 1. The van der Waals surface area contributed by atoms with Gasteiger partial charge < -0.3 is 10.1 Å². The standard InChI is InChI=1S/C19H24N2O/c1-2-13(12-22)14-7-9-21-10-8-16-15-5-3-4-6-17(15)20-19(16)18(21)11-14/h2-6,13-14,18,20,22H,1,7-12H2/t13-,14-,18+/m0/s1. The molecule has 0 aliphatic carbocycles. The van der Waals surface area contributed by atoms with Gasteiger partial charge in [0.05, 0.1) is 6.04 Å². The Kier molecular flexibility index (Phi) is 3.55. The summed E-state index contributed by atoms with van der Waals surface area (Å²) in [6.45, 7) is 6.42. The van der Waals surface area contributed by atoms with Crippen molar-refractivity contribution >= 4 is 10.9 Å². The number of hydrogen-bond donors (Lipinski definition) is 2. The lowest BCUT2D eigenvalue weighted by Gasteiger charge is -2.43. The van der Waals surface area contributed by atoms with Gasteiger partial charge in [0.15, 0.2) is 0 Å². The maximum absolute atomic E-state index is 9.59. The molecule has 3 nitrogen and oxygen atoms in total. The first-order valence-electron chi connectivity index (χ1n) is 8.38. The van der Waals surface area contributed by atoms with Crippen LogP contribution in [-0.2, 0) is 6.42 Å². The Morgan fingerprint density at radius 3 is 3.05 bits per heavy atom. The molecule has 1 saturated heterocycles. The zero-order valence-electron chi connectivity index (χ0n) is 13.0. The van der Waals surface area contributed by atoms with Gasteiger partial charge in [0, 0.05) is 35.7 Å². The molecule has 116 valence electrons. The van der Waals surface area contributed by atoms with Crippen LogP contribution < -0.4 is 0 Å². The Morgan fingerprint density at radius 2 is 2.23 bits per heavy atom. The van der Waals surface area contributed by atoms with E-state index in [-0.39, 0.29) is 12.5 Å². The second-order valence-electron chi connectivity index (χ2n) is 6.73. The normalized spacial score (nSPS) is 26.4. The van der Waals surface area contributed by atoms with Crippen LogP contribution in [0.4, 0.5) is 0 Å². The molecule has 1 aromatic carbocycles. The minimum absolute atomic E-state index is 0.223. The molecule has 2 N–H and O–H groups in total. The molecule has 4 rings (SSSR count). The van der Waals surface area contributed by atoms with Crippen molar-refractivity contribution in [2.24, 2.45) is 11.8 Å². The number of H-pyrrole nitrogens is 1. The van der Waals surface area contributed by atoms with Gasteiger partial charge in [0.1, 0.15) is 0 Å². The van der Waals surface area contributed by atoms with Crippen LogP contribution in [0.3, 0.4) is 0 Å². The van der Waals surface area contributed by atoms with Crippen molar-refractivity contribution < 1.29 is 5.11 Å². The second kappa shape index (κ2) is 5.56. The van der Waals surface area contributed by atoms with Crippen molar-refractivity contribution in [3.05, 3.63) is 48.2 Å². The Balaban J connectivity index is 1.70. The van der Waals surface area contributed by atoms with Gasteiger partial charge in [-0.15, -0.1) is 6.58 Å². The van der Waals surface area contributed by atoms with Crippen LogP contribution in [0.15, 0.2) is 36.9 Å². The van der Waals surface area contributed by atoms with E-state index in [2.05, 4.69) is 40.7 Å². The summed E-state index contributed by atoms with van der Waals surface area (Å²) in [7, 11) is 0. The fourth-order valence-corrected chi connectivity index (χ4v) is 4.44. The Bertz CT molecular complexity index is 690. The molecule has 2 aromatic rings. The quantitative estimate of drug-likeness (QED) is 0.853. The third kappa shape index (κ3) is 2.11. The molecular formula is C19H24N2O. The van der Waals surface area contributed by atoms with Crippen molar-refractivity contribution in [2.45, 2.75) is 25.3 Å². The lowest BCUT2D eigenvalue weighted by molar-refractivity contribution is 0.0704. The van der Waals surface area contributed by atoms with E-state index in [1.54, 1.807) is 0 Å². The highest BCUT2D eigenvalue weighted by Crippen LogP contribution is 2.42. The van der Waals surface area contributed by atoms with Gasteiger partial charge in [-0.05, 0) is 43.4 Å². The van der Waals surface area contributed by atoms with Crippen LogP contribution in [0.5, 0.6) is 0 Å². The number of benzene rings is 1. The number of piperidine rings is 1. The number of hydrogen-bond acceptors (Lipinski definition) is 2. The number of rotatable bonds is 3. The van der Waals surface area contributed by atoms with Gasteiger partial charge in [0.2, 0.25) is 0 Å². The van der Waals surface area contributed by atoms with E-state index in [0.717, 1.165) is 25.9 Å². The predicted molar refractivity (Wildman–Crippen MR) is 89.8 cm³/mol. The molecule has 0 spiro atoms. The van der Waals surface area contributed by atoms with E-state index in [1.807, 2.05) is 6.08 Å². The minimum atomic E-state index is 0.223. The second-order valence-corrected chi connectivity index (χ2v) is 6.73. The molecule has 0 unspecified atom stereocenters. The maximum Gasteiger partial charge on any atom is 0.0504 e. The lowest BCUT2D eigenvalue weighted by Crippen LogP contribution is -2.43. The smallest absolute Gasteiger partial charge is 0.0504 e. The number of fused-ring (bicyclic) bond motifs is 5. The van der Waals surface area contributed by atoms with Gasteiger partial charge in [0.25, 0.3) is 0 Å². The number of para-hydroxylation sites is 1. The highest BCUT2D eigenvalue weighted by atomic mass is 16.3. The van der Waals surface area contributed by atoms with Crippen molar-refractivity contribution in [1.82, 2.24) is 9.88 Å². The van der Waals surface area contributed by atoms with E-state index >= 15 is 0 Å². The van der Waals surface area contributed by atoms with E-state index < -0.39 is 0 Å². The van der Waals surface area contributed by atoms with Crippen LogP contribution in [0.2, 0.25) is 0 Å². The van der Waals surface area contributed by atoms with Gasteiger partial charge in [-0.25, -0.2) is 0 Å². The van der Waals surface area contributed by atoms with Gasteiger partial charge in [-0.2, -0.15) is 0 Å². The average Bonchev–Trinajstić information content (AvgIpc) is 2.95. The topological polar surface area (TPSA) is 39.3 Å². The molecule has 0 radical (unpaired) electrons. The molecule has 22 heavy (non-hydrogen) atoms. The summed E-state index contributed by atoms with van der Waals surface area (Å²) in [6, 6.07) is 9.13. The number of nitrogens with zero attached hydrogens (tertiary/aromatic N) is 1. The zero-order chi connectivity index (χ0) is 15.1. The summed E-state index contributed by atoms with van der Waals surface area (Å²) in [4.78, 5) is 6.30. The zero-order valence-corrected chi connectivity index (χ0v) is 13.0. The van der Waals surface area contributed by atoms with Crippen LogP contribution in [-0.4, -0.2) is 34.7 Å². The van der Waals surface area contributed by atoms with Crippen LogP contribution in [0, 0.1) is 11.8 Å². The Labute approximate surface area is 131 Å². The molecule has 2 aliphatic rings. The molecule has 3 heterocycles. The summed E-state index contributed by atoms with van der Waals surface area (Å²) in [5, 5.41) is 11.0. The maximum atomic E-state index is 9.59. The third-order valence-electron chi connectivity index (χ3n) is 5.70. The van der Waals surface area contributed by atoms with Crippen LogP contribution >= 0.6 is 0 Å². The van der Waals surface area contributed by atoms with E-state index in [9.17, 15) is 5.11 Å². The van der Waals surface area contributed by atoms with Gasteiger partial charge in [-0.1, -0.05) is 24.3 Å². The average molecular weight is 296 g/mol. The molecule has 0 saturated carbocycles.